The van der Waals surface area contributed by atoms with Crippen LogP contribution in [-0.2, 0) is 6.54 Å². The Balaban J connectivity index is 1.98. The second-order valence-corrected chi connectivity index (χ2v) is 3.83. The van der Waals surface area contributed by atoms with Crippen LogP contribution in [0.4, 0.5) is 0 Å². The summed E-state index contributed by atoms with van der Waals surface area (Å²) in [7, 11) is 0. The standard InChI is InChI=1S/C12H15N3O/c1-9-3-5-13-8-12(9)10(2)14-7-11-4-6-16-15-11/h3-6,8,10,14H,7H2,1-2H3. The zero-order chi connectivity index (χ0) is 11.4. The maximum atomic E-state index is 4.77. The lowest BCUT2D eigenvalue weighted by molar-refractivity contribution is 0.406. The van der Waals surface area contributed by atoms with Crippen LogP contribution in [0.2, 0.25) is 0 Å². The van der Waals surface area contributed by atoms with Gasteiger partial charge in [0.1, 0.15) is 6.26 Å². The Morgan fingerprint density at radius 2 is 2.31 bits per heavy atom. The molecule has 0 radical (unpaired) electrons. The number of nitrogens with zero attached hydrogens (tertiary/aromatic N) is 2. The van der Waals surface area contributed by atoms with Gasteiger partial charge in [-0.3, -0.25) is 4.98 Å². The van der Waals surface area contributed by atoms with E-state index in [0.717, 1.165) is 5.69 Å². The molecule has 2 aromatic rings. The Morgan fingerprint density at radius 3 is 3.00 bits per heavy atom. The lowest BCUT2D eigenvalue weighted by atomic mass is 10.1. The van der Waals surface area contributed by atoms with Crippen LogP contribution in [-0.4, -0.2) is 10.1 Å². The molecule has 1 N–H and O–H groups in total. The Labute approximate surface area is 94.7 Å². The molecule has 0 spiro atoms. The van der Waals surface area contributed by atoms with Crippen molar-refractivity contribution in [2.75, 3.05) is 0 Å². The Morgan fingerprint density at radius 1 is 1.44 bits per heavy atom. The zero-order valence-electron chi connectivity index (χ0n) is 9.47. The molecule has 4 nitrogen and oxygen atoms in total. The quantitative estimate of drug-likeness (QED) is 0.853. The Kier molecular flexibility index (Phi) is 3.31. The first-order valence-corrected chi connectivity index (χ1v) is 5.30. The second-order valence-electron chi connectivity index (χ2n) is 3.83. The predicted octanol–water partition coefficient (Wildman–Crippen LogP) is 2.23. The molecule has 84 valence electrons. The van der Waals surface area contributed by atoms with Gasteiger partial charge in [0.05, 0.1) is 5.69 Å². The van der Waals surface area contributed by atoms with Crippen LogP contribution in [0.1, 0.15) is 29.8 Å². The van der Waals surface area contributed by atoms with E-state index in [0.29, 0.717) is 6.54 Å². The summed E-state index contributed by atoms with van der Waals surface area (Å²) in [5.74, 6) is 0. The fourth-order valence-electron chi connectivity index (χ4n) is 1.63. The summed E-state index contributed by atoms with van der Waals surface area (Å²) in [6, 6.07) is 4.13. The Hall–Kier alpha value is -1.68. The van der Waals surface area contributed by atoms with Crippen molar-refractivity contribution in [3.8, 4) is 0 Å². The van der Waals surface area contributed by atoms with Crippen LogP contribution in [0.3, 0.4) is 0 Å². The average Bonchev–Trinajstić information content (AvgIpc) is 2.79. The first-order chi connectivity index (χ1) is 7.77. The highest BCUT2D eigenvalue weighted by atomic mass is 16.5. The van der Waals surface area contributed by atoms with E-state index in [9.17, 15) is 0 Å². The van der Waals surface area contributed by atoms with E-state index in [-0.39, 0.29) is 6.04 Å². The molecule has 0 aliphatic carbocycles. The number of aromatic nitrogens is 2. The van der Waals surface area contributed by atoms with Gasteiger partial charge in [-0.1, -0.05) is 5.16 Å². The maximum Gasteiger partial charge on any atom is 0.124 e. The van der Waals surface area contributed by atoms with Gasteiger partial charge < -0.3 is 9.84 Å². The first-order valence-electron chi connectivity index (χ1n) is 5.30. The van der Waals surface area contributed by atoms with Gasteiger partial charge in [-0.05, 0) is 31.0 Å². The van der Waals surface area contributed by atoms with Crippen LogP contribution in [0.25, 0.3) is 0 Å². The molecular weight excluding hydrogens is 202 g/mol. The molecule has 0 fully saturated rings. The smallest absolute Gasteiger partial charge is 0.124 e. The summed E-state index contributed by atoms with van der Waals surface area (Å²) < 4.78 is 4.77. The molecule has 0 bridgehead atoms. The van der Waals surface area contributed by atoms with Crippen molar-refractivity contribution in [2.24, 2.45) is 0 Å². The SMILES string of the molecule is Cc1ccncc1C(C)NCc1ccon1. The monoisotopic (exact) mass is 217 g/mol. The van der Waals surface area contributed by atoms with Gasteiger partial charge in [0, 0.05) is 31.0 Å². The molecule has 0 saturated heterocycles. The molecule has 0 aliphatic rings. The van der Waals surface area contributed by atoms with Gasteiger partial charge >= 0.3 is 0 Å². The zero-order valence-corrected chi connectivity index (χ0v) is 9.47. The minimum absolute atomic E-state index is 0.255. The van der Waals surface area contributed by atoms with E-state index in [4.69, 9.17) is 4.52 Å². The molecule has 1 atom stereocenters. The predicted molar refractivity (Wildman–Crippen MR) is 60.7 cm³/mol. The van der Waals surface area contributed by atoms with Crippen LogP contribution in [0.15, 0.2) is 35.3 Å². The van der Waals surface area contributed by atoms with Gasteiger partial charge in [0.2, 0.25) is 0 Å². The average molecular weight is 217 g/mol. The van der Waals surface area contributed by atoms with E-state index in [1.54, 1.807) is 6.26 Å². The third-order valence-electron chi connectivity index (χ3n) is 2.63. The van der Waals surface area contributed by atoms with Crippen LogP contribution in [0, 0.1) is 6.92 Å². The minimum atomic E-state index is 0.255. The molecule has 4 heteroatoms. The van der Waals surface area contributed by atoms with E-state index in [2.05, 4.69) is 29.3 Å². The van der Waals surface area contributed by atoms with Crippen molar-refractivity contribution in [3.05, 3.63) is 47.6 Å². The van der Waals surface area contributed by atoms with E-state index in [1.165, 1.54) is 11.1 Å². The van der Waals surface area contributed by atoms with Crippen molar-refractivity contribution in [3.63, 3.8) is 0 Å². The summed E-state index contributed by atoms with van der Waals surface area (Å²) in [5, 5.41) is 7.23. The number of hydrogen-bond donors (Lipinski definition) is 1. The number of aryl methyl sites for hydroxylation is 1. The van der Waals surface area contributed by atoms with E-state index >= 15 is 0 Å². The third-order valence-corrected chi connectivity index (χ3v) is 2.63. The Bertz CT molecular complexity index is 439. The van der Waals surface area contributed by atoms with Gasteiger partial charge in [0.25, 0.3) is 0 Å². The minimum Gasteiger partial charge on any atom is -0.364 e. The number of pyridine rings is 1. The van der Waals surface area contributed by atoms with E-state index in [1.807, 2.05) is 24.5 Å². The van der Waals surface area contributed by atoms with Crippen LogP contribution in [0.5, 0.6) is 0 Å². The molecule has 2 heterocycles. The molecule has 2 rings (SSSR count). The normalized spacial score (nSPS) is 12.6. The summed E-state index contributed by atoms with van der Waals surface area (Å²) in [6.45, 7) is 4.90. The van der Waals surface area contributed by atoms with Gasteiger partial charge in [0.15, 0.2) is 0 Å². The van der Waals surface area contributed by atoms with Crippen molar-refractivity contribution in [1.29, 1.82) is 0 Å². The maximum absolute atomic E-state index is 4.77. The van der Waals surface area contributed by atoms with Crippen molar-refractivity contribution in [2.45, 2.75) is 26.4 Å². The molecule has 0 saturated carbocycles. The van der Waals surface area contributed by atoms with Gasteiger partial charge in [-0.25, -0.2) is 0 Å². The van der Waals surface area contributed by atoms with E-state index < -0.39 is 0 Å². The van der Waals surface area contributed by atoms with Crippen molar-refractivity contribution < 1.29 is 4.52 Å². The largest absolute Gasteiger partial charge is 0.364 e. The van der Waals surface area contributed by atoms with Crippen molar-refractivity contribution in [1.82, 2.24) is 15.5 Å². The molecule has 2 aromatic heterocycles. The lowest BCUT2D eigenvalue weighted by Crippen LogP contribution is -2.19. The number of hydrogen-bond acceptors (Lipinski definition) is 4. The summed E-state index contributed by atoms with van der Waals surface area (Å²) in [4.78, 5) is 4.14. The first kappa shape index (κ1) is 10.8. The molecule has 16 heavy (non-hydrogen) atoms. The fraction of sp³-hybridized carbons (Fsp3) is 0.333. The third kappa shape index (κ3) is 2.46. The van der Waals surface area contributed by atoms with Crippen LogP contribution < -0.4 is 5.32 Å². The van der Waals surface area contributed by atoms with Crippen LogP contribution >= 0.6 is 0 Å². The molecule has 0 aliphatic heterocycles. The number of nitrogens with one attached hydrogen (secondary N) is 1. The summed E-state index contributed by atoms with van der Waals surface area (Å²) >= 11 is 0. The highest BCUT2D eigenvalue weighted by molar-refractivity contribution is 5.24. The summed E-state index contributed by atoms with van der Waals surface area (Å²) in [6.07, 6.45) is 5.29. The lowest BCUT2D eigenvalue weighted by Gasteiger charge is -2.14. The molecule has 0 amide bonds. The number of rotatable bonds is 4. The highest BCUT2D eigenvalue weighted by Gasteiger charge is 2.08. The fourth-order valence-corrected chi connectivity index (χ4v) is 1.63. The molecule has 0 aromatic carbocycles. The molecular formula is C12H15N3O. The highest BCUT2D eigenvalue weighted by Crippen LogP contribution is 2.15. The molecule has 1 unspecified atom stereocenters. The summed E-state index contributed by atoms with van der Waals surface area (Å²) in [5.41, 5.74) is 3.37. The van der Waals surface area contributed by atoms with Gasteiger partial charge in [-0.15, -0.1) is 0 Å². The second kappa shape index (κ2) is 4.90. The topological polar surface area (TPSA) is 51.0 Å². The van der Waals surface area contributed by atoms with Gasteiger partial charge in [-0.2, -0.15) is 0 Å². The van der Waals surface area contributed by atoms with Crippen molar-refractivity contribution >= 4 is 0 Å².